The van der Waals surface area contributed by atoms with E-state index >= 15 is 0 Å². The number of hydrogen-bond donors (Lipinski definition) is 3. The Balaban J connectivity index is 1.63. The highest BCUT2D eigenvalue weighted by Crippen LogP contribution is 2.23. The van der Waals surface area contributed by atoms with Gasteiger partial charge in [0, 0.05) is 38.1 Å². The predicted molar refractivity (Wildman–Crippen MR) is 146 cm³/mol. The number of amides is 1. The second-order valence-electron chi connectivity index (χ2n) is 8.46. The normalized spacial score (nSPS) is 11.8. The number of aromatic nitrogens is 3. The van der Waals surface area contributed by atoms with Gasteiger partial charge < -0.3 is 15.7 Å². The molecule has 0 radical (unpaired) electrons. The van der Waals surface area contributed by atoms with E-state index < -0.39 is 29.2 Å². The number of carbonyl (C=O) groups excluding carboxylic acids is 1. The van der Waals surface area contributed by atoms with E-state index in [4.69, 9.17) is 23.2 Å². The Bertz CT molecular complexity index is 1640. The molecule has 2 aromatic heterocycles. The number of benzene rings is 2. The second kappa shape index (κ2) is 11.1. The molecule has 10 nitrogen and oxygen atoms in total. The van der Waals surface area contributed by atoms with E-state index in [0.717, 1.165) is 10.3 Å². The molecule has 12 heteroatoms. The molecule has 3 N–H and O–H groups in total. The van der Waals surface area contributed by atoms with Gasteiger partial charge in [-0.1, -0.05) is 35.3 Å². The minimum Gasteiger partial charge on any atom is -0.480 e. The number of carboxylic acids is 1. The Kier molecular flexibility index (Phi) is 7.84. The summed E-state index contributed by atoms with van der Waals surface area (Å²) in [5.41, 5.74) is 1.06. The molecule has 4 aromatic rings. The molecular formula is C26H23Cl2N5O5. The monoisotopic (exact) mass is 555 g/mol. The average Bonchev–Trinajstić information content (AvgIpc) is 2.88. The summed E-state index contributed by atoms with van der Waals surface area (Å²) in [6, 6.07) is 10.2. The highest BCUT2D eigenvalue weighted by Gasteiger charge is 2.24. The second-order valence-corrected chi connectivity index (χ2v) is 9.27. The van der Waals surface area contributed by atoms with Crippen molar-refractivity contribution in [3.63, 3.8) is 0 Å². The maximum absolute atomic E-state index is 13.3. The molecule has 0 unspecified atom stereocenters. The smallest absolute Gasteiger partial charge is 0.335 e. The fourth-order valence-electron chi connectivity index (χ4n) is 4.08. The highest BCUT2D eigenvalue weighted by molar-refractivity contribution is 6.39. The van der Waals surface area contributed by atoms with Crippen molar-refractivity contribution in [3.05, 3.63) is 96.9 Å². The van der Waals surface area contributed by atoms with Crippen LogP contribution in [0.5, 0.6) is 0 Å². The first kappa shape index (κ1) is 26.9. The summed E-state index contributed by atoms with van der Waals surface area (Å²) in [7, 11) is 1.59. The number of anilines is 1. The van der Waals surface area contributed by atoms with Crippen LogP contribution in [0.4, 0.5) is 5.69 Å². The molecule has 0 fully saturated rings. The van der Waals surface area contributed by atoms with Crippen LogP contribution in [0, 0.1) is 0 Å². The van der Waals surface area contributed by atoms with E-state index in [1.165, 1.54) is 17.0 Å². The Hall–Kier alpha value is -4.15. The van der Waals surface area contributed by atoms with Gasteiger partial charge in [0.2, 0.25) is 0 Å². The van der Waals surface area contributed by atoms with E-state index in [1.54, 1.807) is 49.5 Å². The van der Waals surface area contributed by atoms with Crippen LogP contribution in [0.1, 0.15) is 22.8 Å². The van der Waals surface area contributed by atoms with Crippen LogP contribution in [0.25, 0.3) is 16.6 Å². The molecule has 0 aliphatic rings. The molecule has 2 heterocycles. The molecule has 1 atom stereocenters. The van der Waals surface area contributed by atoms with Gasteiger partial charge in [-0.15, -0.1) is 0 Å². The quantitative estimate of drug-likeness (QED) is 0.303. The number of pyridine rings is 1. The van der Waals surface area contributed by atoms with Crippen molar-refractivity contribution in [1.29, 1.82) is 0 Å². The fourth-order valence-corrected chi connectivity index (χ4v) is 4.61. The van der Waals surface area contributed by atoms with Gasteiger partial charge in [0.05, 0.1) is 32.2 Å². The minimum absolute atomic E-state index is 0.0107. The van der Waals surface area contributed by atoms with Crippen molar-refractivity contribution in [2.45, 2.75) is 19.4 Å². The number of halogens is 2. The third-order valence-corrected chi connectivity index (χ3v) is 6.54. The topological polar surface area (TPSA) is 135 Å². The van der Waals surface area contributed by atoms with Gasteiger partial charge in [-0.3, -0.25) is 19.1 Å². The summed E-state index contributed by atoms with van der Waals surface area (Å²) in [6.07, 6.45) is 2.40. The van der Waals surface area contributed by atoms with Crippen LogP contribution in [0.2, 0.25) is 10.0 Å². The van der Waals surface area contributed by atoms with Crippen LogP contribution in [0.3, 0.4) is 0 Å². The summed E-state index contributed by atoms with van der Waals surface area (Å²) in [5.74, 6) is -2.02. The van der Waals surface area contributed by atoms with Gasteiger partial charge in [0.15, 0.2) is 0 Å². The van der Waals surface area contributed by atoms with Gasteiger partial charge in [-0.05, 0) is 42.8 Å². The van der Waals surface area contributed by atoms with Gasteiger partial charge in [-0.2, -0.15) is 0 Å². The third kappa shape index (κ3) is 5.27. The third-order valence-electron chi connectivity index (χ3n) is 5.97. The molecule has 0 aliphatic heterocycles. The number of nitrogens with one attached hydrogen (secondary N) is 2. The molecule has 0 aliphatic carbocycles. The fraction of sp³-hybridized carbons (Fsp3) is 0.192. The molecule has 196 valence electrons. The Morgan fingerprint density at radius 2 is 1.71 bits per heavy atom. The maximum Gasteiger partial charge on any atom is 0.335 e. The van der Waals surface area contributed by atoms with E-state index in [0.29, 0.717) is 28.7 Å². The summed E-state index contributed by atoms with van der Waals surface area (Å²) < 4.78 is 2.46. The Morgan fingerprint density at radius 1 is 1.05 bits per heavy atom. The molecule has 1 amide bonds. The van der Waals surface area contributed by atoms with Crippen molar-refractivity contribution < 1.29 is 14.7 Å². The lowest BCUT2D eigenvalue weighted by atomic mass is 10.0. The Morgan fingerprint density at radius 3 is 2.32 bits per heavy atom. The number of aliphatic carboxylic acids is 1. The van der Waals surface area contributed by atoms with Gasteiger partial charge in [0.25, 0.3) is 11.5 Å². The number of rotatable bonds is 8. The standard InChI is InChI=1S/C26H23Cl2N5O5/c1-3-30-15-6-9-21-17(11-15)24(35)33(26(38)32(21)2)16-7-4-14(5-8-16)10-20(25(36)37)31-23(34)22-18(27)12-29-13-19(22)28/h4-9,11-13,20,30H,3,10H2,1-2H3,(H,31,34)(H,36,37)/t20-/m0/s1. The number of carbonyl (C=O) groups is 2. The van der Waals surface area contributed by atoms with Gasteiger partial charge in [-0.25, -0.2) is 14.2 Å². The molecule has 0 bridgehead atoms. The first-order valence-electron chi connectivity index (χ1n) is 11.5. The van der Waals surface area contributed by atoms with Crippen LogP contribution >= 0.6 is 23.2 Å². The number of hydrogen-bond acceptors (Lipinski definition) is 6. The zero-order chi connectivity index (χ0) is 27.6. The van der Waals surface area contributed by atoms with E-state index in [2.05, 4.69) is 15.6 Å². The van der Waals surface area contributed by atoms with Crippen molar-refractivity contribution in [2.24, 2.45) is 7.05 Å². The lowest BCUT2D eigenvalue weighted by Crippen LogP contribution is -2.42. The summed E-state index contributed by atoms with van der Waals surface area (Å²) in [4.78, 5) is 54.6. The summed E-state index contributed by atoms with van der Waals surface area (Å²) >= 11 is 12.0. The van der Waals surface area contributed by atoms with Crippen molar-refractivity contribution in [1.82, 2.24) is 19.4 Å². The maximum atomic E-state index is 13.3. The van der Waals surface area contributed by atoms with Gasteiger partial charge >= 0.3 is 11.7 Å². The van der Waals surface area contributed by atoms with Crippen LogP contribution in [0.15, 0.2) is 64.4 Å². The summed E-state index contributed by atoms with van der Waals surface area (Å²) in [5, 5.41) is 15.6. The molecule has 38 heavy (non-hydrogen) atoms. The zero-order valence-electron chi connectivity index (χ0n) is 20.4. The number of carboxylic acid groups (broad SMARTS) is 1. The van der Waals surface area contributed by atoms with E-state index in [1.807, 2.05) is 6.92 Å². The summed E-state index contributed by atoms with van der Waals surface area (Å²) in [6.45, 7) is 2.61. The zero-order valence-corrected chi connectivity index (χ0v) is 21.9. The van der Waals surface area contributed by atoms with Gasteiger partial charge in [0.1, 0.15) is 6.04 Å². The number of nitrogens with zero attached hydrogens (tertiary/aromatic N) is 3. The van der Waals surface area contributed by atoms with E-state index in [-0.39, 0.29) is 22.0 Å². The molecule has 2 aromatic carbocycles. The van der Waals surface area contributed by atoms with Crippen molar-refractivity contribution in [3.8, 4) is 5.69 Å². The number of fused-ring (bicyclic) bond motifs is 1. The van der Waals surface area contributed by atoms with Crippen LogP contribution < -0.4 is 21.9 Å². The minimum atomic E-state index is -1.30. The largest absolute Gasteiger partial charge is 0.480 e. The number of aryl methyl sites for hydroxylation is 1. The van der Waals surface area contributed by atoms with E-state index in [9.17, 15) is 24.3 Å². The SMILES string of the molecule is CCNc1ccc2c(c1)c(=O)n(-c1ccc(C[C@H](NC(=O)c3c(Cl)cncc3Cl)C(=O)O)cc1)c(=O)n2C. The Labute approximate surface area is 226 Å². The molecular weight excluding hydrogens is 533 g/mol. The highest BCUT2D eigenvalue weighted by atomic mass is 35.5. The molecule has 0 saturated heterocycles. The first-order chi connectivity index (χ1) is 18.1. The molecule has 4 rings (SSSR count). The lowest BCUT2D eigenvalue weighted by Gasteiger charge is -2.16. The van der Waals surface area contributed by atoms with Crippen LogP contribution in [-0.2, 0) is 18.3 Å². The first-order valence-corrected chi connectivity index (χ1v) is 12.3. The van der Waals surface area contributed by atoms with Crippen molar-refractivity contribution in [2.75, 3.05) is 11.9 Å². The predicted octanol–water partition coefficient (Wildman–Crippen LogP) is 3.25. The lowest BCUT2D eigenvalue weighted by molar-refractivity contribution is -0.139. The molecule has 0 spiro atoms. The average molecular weight is 556 g/mol. The van der Waals surface area contributed by atoms with Crippen molar-refractivity contribution >= 4 is 51.7 Å². The van der Waals surface area contributed by atoms with Crippen LogP contribution in [-0.4, -0.2) is 43.7 Å². The molecule has 0 saturated carbocycles.